The van der Waals surface area contributed by atoms with Crippen molar-refractivity contribution < 1.29 is 4.79 Å². The van der Waals surface area contributed by atoms with Crippen molar-refractivity contribution in [2.45, 2.75) is 11.3 Å². The van der Waals surface area contributed by atoms with Crippen LogP contribution in [0, 0.1) is 0 Å². The Balaban J connectivity index is 1.96. The second kappa shape index (κ2) is 5.55. The Morgan fingerprint density at radius 1 is 1.00 bits per heavy atom. The van der Waals surface area contributed by atoms with Gasteiger partial charge in [0.15, 0.2) is 5.12 Å². The number of hydrogen-bond acceptors (Lipinski definition) is 3. The first-order valence-corrected chi connectivity index (χ1v) is 6.16. The molecule has 0 radical (unpaired) electrons. The first-order chi connectivity index (χ1) is 8.24. The van der Waals surface area contributed by atoms with Gasteiger partial charge in [-0.2, -0.15) is 0 Å². The molecule has 0 saturated heterocycles. The fraction of sp³-hybridized carbons (Fsp3) is 0.0714. The van der Waals surface area contributed by atoms with Gasteiger partial charge >= 0.3 is 0 Å². The summed E-state index contributed by atoms with van der Waals surface area (Å²) in [5.41, 5.74) is 7.30. The standard InChI is InChI=1S/C14H13NOS/c15-12-8-6-11(7-9-12)10-14(16)17-13-4-2-1-3-5-13/h1-9H,10,15H2. The van der Waals surface area contributed by atoms with Crippen molar-refractivity contribution in [2.24, 2.45) is 0 Å². The zero-order valence-corrected chi connectivity index (χ0v) is 10.1. The van der Waals surface area contributed by atoms with E-state index in [0.29, 0.717) is 6.42 Å². The molecule has 2 rings (SSSR count). The highest BCUT2D eigenvalue weighted by Gasteiger charge is 2.05. The molecule has 0 unspecified atom stereocenters. The molecule has 0 aromatic heterocycles. The maximum atomic E-state index is 11.8. The van der Waals surface area contributed by atoms with E-state index < -0.39 is 0 Å². The van der Waals surface area contributed by atoms with E-state index in [2.05, 4.69) is 0 Å². The van der Waals surface area contributed by atoms with E-state index in [9.17, 15) is 4.79 Å². The first kappa shape index (κ1) is 11.7. The molecule has 2 N–H and O–H groups in total. The molecule has 2 aromatic carbocycles. The highest BCUT2D eigenvalue weighted by molar-refractivity contribution is 8.13. The third kappa shape index (κ3) is 3.64. The SMILES string of the molecule is Nc1ccc(CC(=O)Sc2ccccc2)cc1. The molecule has 17 heavy (non-hydrogen) atoms. The van der Waals surface area contributed by atoms with Crippen LogP contribution >= 0.6 is 11.8 Å². The van der Waals surface area contributed by atoms with E-state index in [-0.39, 0.29) is 5.12 Å². The summed E-state index contributed by atoms with van der Waals surface area (Å²) in [5, 5.41) is 0.140. The van der Waals surface area contributed by atoms with Crippen LogP contribution in [-0.4, -0.2) is 5.12 Å². The van der Waals surface area contributed by atoms with Crippen molar-refractivity contribution in [1.29, 1.82) is 0 Å². The summed E-state index contributed by atoms with van der Waals surface area (Å²) in [4.78, 5) is 12.8. The monoisotopic (exact) mass is 243 g/mol. The molecule has 0 saturated carbocycles. The molecular formula is C14H13NOS. The van der Waals surface area contributed by atoms with Gasteiger partial charge in [0.05, 0.1) is 0 Å². The summed E-state index contributed by atoms with van der Waals surface area (Å²) in [5.74, 6) is 0. The molecule has 3 heteroatoms. The molecule has 0 aliphatic rings. The summed E-state index contributed by atoms with van der Waals surface area (Å²) in [6.07, 6.45) is 0.430. The Morgan fingerprint density at radius 3 is 2.29 bits per heavy atom. The zero-order chi connectivity index (χ0) is 12.1. The van der Waals surface area contributed by atoms with E-state index in [1.807, 2.05) is 54.6 Å². The molecule has 0 aliphatic heterocycles. The van der Waals surface area contributed by atoms with Crippen LogP contribution in [0.4, 0.5) is 5.69 Å². The van der Waals surface area contributed by atoms with Crippen LogP contribution in [0.15, 0.2) is 59.5 Å². The number of thioether (sulfide) groups is 1. The van der Waals surface area contributed by atoms with Gasteiger partial charge in [-0.15, -0.1) is 0 Å². The Bertz CT molecular complexity index is 493. The maximum absolute atomic E-state index is 11.8. The van der Waals surface area contributed by atoms with E-state index in [4.69, 9.17) is 5.73 Å². The minimum Gasteiger partial charge on any atom is -0.399 e. The lowest BCUT2D eigenvalue weighted by atomic mass is 10.1. The van der Waals surface area contributed by atoms with Gasteiger partial charge in [0.25, 0.3) is 0 Å². The first-order valence-electron chi connectivity index (χ1n) is 5.34. The molecule has 0 spiro atoms. The Hall–Kier alpha value is -1.74. The van der Waals surface area contributed by atoms with E-state index >= 15 is 0 Å². The summed E-state index contributed by atoms with van der Waals surface area (Å²) in [6, 6.07) is 17.1. The Morgan fingerprint density at radius 2 is 1.65 bits per heavy atom. The molecule has 0 heterocycles. The number of carbonyl (C=O) groups is 1. The summed E-state index contributed by atoms with van der Waals surface area (Å²) >= 11 is 1.27. The largest absolute Gasteiger partial charge is 0.399 e. The topological polar surface area (TPSA) is 43.1 Å². The van der Waals surface area contributed by atoms with Gasteiger partial charge in [-0.3, -0.25) is 4.79 Å². The van der Waals surface area contributed by atoms with Crippen molar-refractivity contribution in [3.63, 3.8) is 0 Å². The lowest BCUT2D eigenvalue weighted by Crippen LogP contribution is -1.97. The Kier molecular flexibility index (Phi) is 3.83. The third-order valence-electron chi connectivity index (χ3n) is 2.30. The molecule has 0 fully saturated rings. The van der Waals surface area contributed by atoms with E-state index in [0.717, 1.165) is 16.1 Å². The number of nitrogen functional groups attached to an aromatic ring is 1. The molecule has 86 valence electrons. The smallest absolute Gasteiger partial charge is 0.198 e. The van der Waals surface area contributed by atoms with E-state index in [1.165, 1.54) is 11.8 Å². The predicted octanol–water partition coefficient (Wildman–Crippen LogP) is 3.13. The number of benzene rings is 2. The van der Waals surface area contributed by atoms with Crippen LogP contribution in [0.2, 0.25) is 0 Å². The van der Waals surface area contributed by atoms with Gasteiger partial charge < -0.3 is 5.73 Å². The Labute approximate surface area is 105 Å². The summed E-state index contributed by atoms with van der Waals surface area (Å²) in [7, 11) is 0. The van der Waals surface area contributed by atoms with Crippen molar-refractivity contribution in [3.05, 3.63) is 60.2 Å². The fourth-order valence-electron chi connectivity index (χ4n) is 1.46. The van der Waals surface area contributed by atoms with E-state index in [1.54, 1.807) is 0 Å². The van der Waals surface area contributed by atoms with Crippen LogP contribution in [0.5, 0.6) is 0 Å². The molecule has 0 aliphatic carbocycles. The zero-order valence-electron chi connectivity index (χ0n) is 9.30. The van der Waals surface area contributed by atoms with Crippen molar-refractivity contribution in [2.75, 3.05) is 5.73 Å². The van der Waals surface area contributed by atoms with Gasteiger partial charge in [0.2, 0.25) is 0 Å². The van der Waals surface area contributed by atoms with Gasteiger partial charge in [-0.1, -0.05) is 42.1 Å². The van der Waals surface area contributed by atoms with Gasteiger partial charge in [-0.05, 0) is 29.8 Å². The van der Waals surface area contributed by atoms with Crippen LogP contribution in [0.1, 0.15) is 5.56 Å². The molecule has 2 nitrogen and oxygen atoms in total. The average molecular weight is 243 g/mol. The average Bonchev–Trinajstić information content (AvgIpc) is 2.33. The van der Waals surface area contributed by atoms with Gasteiger partial charge in [0, 0.05) is 17.0 Å². The second-order valence-electron chi connectivity index (χ2n) is 3.71. The number of rotatable bonds is 3. The summed E-state index contributed by atoms with van der Waals surface area (Å²) < 4.78 is 0. The van der Waals surface area contributed by atoms with Crippen LogP contribution in [0.3, 0.4) is 0 Å². The lowest BCUT2D eigenvalue weighted by molar-refractivity contribution is -0.110. The lowest BCUT2D eigenvalue weighted by Gasteiger charge is -2.01. The predicted molar refractivity (Wildman–Crippen MR) is 71.9 cm³/mol. The second-order valence-corrected chi connectivity index (χ2v) is 4.84. The highest BCUT2D eigenvalue weighted by Crippen LogP contribution is 2.20. The van der Waals surface area contributed by atoms with Crippen LogP contribution in [-0.2, 0) is 11.2 Å². The van der Waals surface area contributed by atoms with Gasteiger partial charge in [0.1, 0.15) is 0 Å². The van der Waals surface area contributed by atoms with Crippen molar-refractivity contribution >= 4 is 22.6 Å². The van der Waals surface area contributed by atoms with Crippen molar-refractivity contribution in [1.82, 2.24) is 0 Å². The molecule has 2 aromatic rings. The third-order valence-corrected chi connectivity index (χ3v) is 3.18. The number of nitrogens with two attached hydrogens (primary N) is 1. The fourth-order valence-corrected chi connectivity index (χ4v) is 2.25. The van der Waals surface area contributed by atoms with Crippen LogP contribution in [0.25, 0.3) is 0 Å². The molecule has 0 amide bonds. The summed E-state index contributed by atoms with van der Waals surface area (Å²) in [6.45, 7) is 0. The van der Waals surface area contributed by atoms with Gasteiger partial charge in [-0.25, -0.2) is 0 Å². The molecule has 0 bridgehead atoms. The quantitative estimate of drug-likeness (QED) is 0.665. The van der Waals surface area contributed by atoms with Crippen molar-refractivity contribution in [3.8, 4) is 0 Å². The number of anilines is 1. The molecular weight excluding hydrogens is 230 g/mol. The van der Waals surface area contributed by atoms with Crippen LogP contribution < -0.4 is 5.73 Å². The maximum Gasteiger partial charge on any atom is 0.198 e. The minimum absolute atomic E-state index is 0.140. The minimum atomic E-state index is 0.140. The molecule has 0 atom stereocenters. The normalized spacial score (nSPS) is 10.1. The highest BCUT2D eigenvalue weighted by atomic mass is 32.2. The number of hydrogen-bond donors (Lipinski definition) is 1. The number of carbonyl (C=O) groups excluding carboxylic acids is 1.